The number of fused-ring (bicyclic) bond motifs is 2. The third kappa shape index (κ3) is 2.59. The first-order valence-corrected chi connectivity index (χ1v) is 8.30. The minimum atomic E-state index is -0.300. The first-order chi connectivity index (χ1) is 12.6. The van der Waals surface area contributed by atoms with Gasteiger partial charge in [0.15, 0.2) is 11.5 Å². The van der Waals surface area contributed by atoms with Gasteiger partial charge >= 0.3 is 5.97 Å². The fraction of sp³-hybridized carbons (Fsp3) is 0.250. The van der Waals surface area contributed by atoms with E-state index in [2.05, 4.69) is 0 Å². The van der Waals surface area contributed by atoms with Crippen molar-refractivity contribution in [1.29, 1.82) is 0 Å². The standard InChI is InChI=1S/C20H19NO5/c1-21-16-7-12(10-22)3-5-14(16)15(9-19(23)24-2)20(21)13-4-6-17-18(8-13)26-11-25-17/h3-8,22H,9-11H2,1-2H3. The van der Waals surface area contributed by atoms with E-state index in [0.29, 0.717) is 11.5 Å². The maximum absolute atomic E-state index is 12.0. The Balaban J connectivity index is 1.95. The highest BCUT2D eigenvalue weighted by atomic mass is 16.7. The normalized spacial score (nSPS) is 12.6. The number of aryl methyl sites for hydroxylation is 1. The van der Waals surface area contributed by atoms with Gasteiger partial charge in [0.1, 0.15) is 0 Å². The molecule has 0 bridgehead atoms. The van der Waals surface area contributed by atoms with Crippen LogP contribution in [-0.2, 0) is 29.6 Å². The molecule has 0 saturated heterocycles. The predicted molar refractivity (Wildman–Crippen MR) is 96.1 cm³/mol. The van der Waals surface area contributed by atoms with Crippen molar-refractivity contribution in [3.8, 4) is 22.8 Å². The van der Waals surface area contributed by atoms with Crippen LogP contribution in [0, 0.1) is 0 Å². The van der Waals surface area contributed by atoms with Gasteiger partial charge in [-0.3, -0.25) is 4.79 Å². The van der Waals surface area contributed by atoms with E-state index in [1.165, 1.54) is 7.11 Å². The maximum Gasteiger partial charge on any atom is 0.310 e. The molecule has 6 nitrogen and oxygen atoms in total. The van der Waals surface area contributed by atoms with E-state index >= 15 is 0 Å². The molecule has 0 amide bonds. The van der Waals surface area contributed by atoms with E-state index in [1.807, 2.05) is 48.0 Å². The molecule has 0 atom stereocenters. The van der Waals surface area contributed by atoms with E-state index in [0.717, 1.165) is 33.3 Å². The topological polar surface area (TPSA) is 69.9 Å². The maximum atomic E-state index is 12.0. The summed E-state index contributed by atoms with van der Waals surface area (Å²) in [4.78, 5) is 12.0. The molecule has 1 aromatic heterocycles. The third-order valence-electron chi connectivity index (χ3n) is 4.75. The van der Waals surface area contributed by atoms with Crippen molar-refractivity contribution >= 4 is 16.9 Å². The van der Waals surface area contributed by atoms with Crippen LogP contribution in [0.25, 0.3) is 22.2 Å². The van der Waals surface area contributed by atoms with Gasteiger partial charge in [-0.1, -0.05) is 12.1 Å². The number of hydrogen-bond donors (Lipinski definition) is 1. The van der Waals surface area contributed by atoms with E-state index in [-0.39, 0.29) is 25.8 Å². The van der Waals surface area contributed by atoms with Gasteiger partial charge < -0.3 is 23.9 Å². The van der Waals surface area contributed by atoms with Crippen LogP contribution < -0.4 is 9.47 Å². The number of carbonyl (C=O) groups is 1. The number of aromatic nitrogens is 1. The molecular weight excluding hydrogens is 334 g/mol. The highest BCUT2D eigenvalue weighted by molar-refractivity contribution is 5.95. The number of hydrogen-bond acceptors (Lipinski definition) is 5. The van der Waals surface area contributed by atoms with Crippen LogP contribution in [0.4, 0.5) is 0 Å². The summed E-state index contributed by atoms with van der Waals surface area (Å²) >= 11 is 0. The molecule has 2 aromatic carbocycles. The predicted octanol–water partition coefficient (Wildman–Crippen LogP) is 2.78. The second-order valence-corrected chi connectivity index (χ2v) is 6.22. The molecular formula is C20H19NO5. The summed E-state index contributed by atoms with van der Waals surface area (Å²) in [5.41, 5.74) is 4.50. The fourth-order valence-corrected chi connectivity index (χ4v) is 3.47. The summed E-state index contributed by atoms with van der Waals surface area (Å²) in [7, 11) is 3.34. The van der Waals surface area contributed by atoms with Gasteiger partial charge in [-0.05, 0) is 35.4 Å². The molecule has 0 aliphatic carbocycles. The van der Waals surface area contributed by atoms with E-state index in [9.17, 15) is 9.90 Å². The Hall–Kier alpha value is -2.99. The van der Waals surface area contributed by atoms with Gasteiger partial charge in [-0.2, -0.15) is 0 Å². The molecule has 3 aromatic rings. The summed E-state index contributed by atoms with van der Waals surface area (Å²) in [5, 5.41) is 10.4. The molecule has 2 heterocycles. The lowest BCUT2D eigenvalue weighted by Crippen LogP contribution is -2.05. The number of ether oxygens (including phenoxy) is 3. The summed E-state index contributed by atoms with van der Waals surface area (Å²) in [6, 6.07) is 11.5. The van der Waals surface area contributed by atoms with Gasteiger partial charge in [0.2, 0.25) is 6.79 Å². The Labute approximate surface area is 150 Å². The number of carbonyl (C=O) groups excluding carboxylic acids is 1. The summed E-state index contributed by atoms with van der Waals surface area (Å²) in [5.74, 6) is 1.10. The number of aliphatic hydroxyl groups excluding tert-OH is 1. The molecule has 0 fully saturated rings. The Bertz CT molecular complexity index is 1010. The zero-order valence-corrected chi connectivity index (χ0v) is 14.6. The average Bonchev–Trinajstić information content (AvgIpc) is 3.23. The lowest BCUT2D eigenvalue weighted by atomic mass is 10.0. The highest BCUT2D eigenvalue weighted by Gasteiger charge is 2.22. The number of aliphatic hydroxyl groups is 1. The molecule has 0 spiro atoms. The van der Waals surface area contributed by atoms with Crippen LogP contribution in [0.5, 0.6) is 11.5 Å². The number of rotatable bonds is 4. The molecule has 1 N–H and O–H groups in total. The number of esters is 1. The summed E-state index contributed by atoms with van der Waals surface area (Å²) < 4.78 is 17.8. The zero-order chi connectivity index (χ0) is 18.3. The minimum Gasteiger partial charge on any atom is -0.469 e. The van der Waals surface area contributed by atoms with Crippen LogP contribution in [0.2, 0.25) is 0 Å². The van der Waals surface area contributed by atoms with E-state index < -0.39 is 0 Å². The van der Waals surface area contributed by atoms with Crippen molar-refractivity contribution in [2.75, 3.05) is 13.9 Å². The van der Waals surface area contributed by atoms with Gasteiger partial charge in [0, 0.05) is 23.5 Å². The summed E-state index contributed by atoms with van der Waals surface area (Å²) in [6.45, 7) is 0.176. The van der Waals surface area contributed by atoms with E-state index in [4.69, 9.17) is 14.2 Å². The molecule has 0 radical (unpaired) electrons. The van der Waals surface area contributed by atoms with Crippen molar-refractivity contribution in [1.82, 2.24) is 4.57 Å². The van der Waals surface area contributed by atoms with Gasteiger partial charge in [0.05, 0.1) is 25.8 Å². The first-order valence-electron chi connectivity index (χ1n) is 8.30. The SMILES string of the molecule is COC(=O)Cc1c(-c2ccc3c(c2)OCO3)n(C)c2cc(CO)ccc12. The first kappa shape index (κ1) is 16.5. The lowest BCUT2D eigenvalue weighted by molar-refractivity contribution is -0.139. The number of benzene rings is 2. The van der Waals surface area contributed by atoms with Crippen molar-refractivity contribution in [2.45, 2.75) is 13.0 Å². The van der Waals surface area contributed by atoms with E-state index in [1.54, 1.807) is 0 Å². The number of nitrogens with zero attached hydrogens (tertiary/aromatic N) is 1. The van der Waals surface area contributed by atoms with Crippen LogP contribution in [0.1, 0.15) is 11.1 Å². The van der Waals surface area contributed by atoms with Crippen molar-refractivity contribution < 1.29 is 24.1 Å². The third-order valence-corrected chi connectivity index (χ3v) is 4.75. The van der Waals surface area contributed by atoms with Gasteiger partial charge in [0.25, 0.3) is 0 Å². The molecule has 6 heteroatoms. The Morgan fingerprint density at radius 1 is 1.19 bits per heavy atom. The van der Waals surface area contributed by atoms with Crippen LogP contribution >= 0.6 is 0 Å². The molecule has 0 saturated carbocycles. The largest absolute Gasteiger partial charge is 0.469 e. The molecule has 26 heavy (non-hydrogen) atoms. The van der Waals surface area contributed by atoms with Crippen LogP contribution in [0.3, 0.4) is 0 Å². The van der Waals surface area contributed by atoms with Crippen molar-refractivity contribution in [3.05, 3.63) is 47.5 Å². The Morgan fingerprint density at radius 3 is 2.77 bits per heavy atom. The zero-order valence-electron chi connectivity index (χ0n) is 14.6. The van der Waals surface area contributed by atoms with Crippen LogP contribution in [-0.4, -0.2) is 29.5 Å². The van der Waals surface area contributed by atoms with Crippen LogP contribution in [0.15, 0.2) is 36.4 Å². The van der Waals surface area contributed by atoms with Gasteiger partial charge in [-0.25, -0.2) is 0 Å². The highest BCUT2D eigenvalue weighted by Crippen LogP contribution is 2.39. The average molecular weight is 353 g/mol. The molecule has 1 aliphatic heterocycles. The second kappa shape index (κ2) is 6.38. The van der Waals surface area contributed by atoms with Crippen molar-refractivity contribution in [3.63, 3.8) is 0 Å². The number of methoxy groups -OCH3 is 1. The smallest absolute Gasteiger partial charge is 0.310 e. The van der Waals surface area contributed by atoms with Gasteiger partial charge in [-0.15, -0.1) is 0 Å². The fourth-order valence-electron chi connectivity index (χ4n) is 3.47. The molecule has 134 valence electrons. The second-order valence-electron chi connectivity index (χ2n) is 6.22. The molecule has 1 aliphatic rings. The van der Waals surface area contributed by atoms with Crippen molar-refractivity contribution in [2.24, 2.45) is 7.05 Å². The molecule has 0 unspecified atom stereocenters. The Kier molecular flexibility index (Phi) is 4.05. The summed E-state index contributed by atoms with van der Waals surface area (Å²) in [6.07, 6.45) is 0.163. The monoisotopic (exact) mass is 353 g/mol. The Morgan fingerprint density at radius 2 is 2.00 bits per heavy atom. The quantitative estimate of drug-likeness (QED) is 0.731. The molecule has 4 rings (SSSR count). The minimum absolute atomic E-state index is 0.0349. The lowest BCUT2D eigenvalue weighted by Gasteiger charge is -2.09.